The number of rotatable bonds is 4. The minimum atomic E-state index is -0.258. The molecule has 5 atom stereocenters. The van der Waals surface area contributed by atoms with Crippen molar-refractivity contribution in [3.05, 3.63) is 54.6 Å². The van der Waals surface area contributed by atoms with Gasteiger partial charge in [-0.15, -0.1) is 0 Å². The maximum absolute atomic E-state index is 12.8. The number of fused-ring (bicyclic) bond motifs is 1. The number of para-hydroxylation sites is 1. The first kappa shape index (κ1) is 15.4. The third kappa shape index (κ3) is 2.46. The lowest BCUT2D eigenvalue weighted by atomic mass is 9.79. The van der Waals surface area contributed by atoms with E-state index in [0.717, 1.165) is 18.6 Å². The van der Waals surface area contributed by atoms with E-state index in [0.29, 0.717) is 11.4 Å². The Morgan fingerprint density at radius 2 is 1.73 bits per heavy atom. The largest absolute Gasteiger partial charge is 0.462 e. The Morgan fingerprint density at radius 1 is 1.00 bits per heavy atom. The number of benzene rings is 2. The fourth-order valence-corrected chi connectivity index (χ4v) is 4.82. The number of esters is 1. The van der Waals surface area contributed by atoms with Gasteiger partial charge in [0.25, 0.3) is 0 Å². The van der Waals surface area contributed by atoms with E-state index in [-0.39, 0.29) is 41.7 Å². The molecule has 2 saturated carbocycles. The van der Waals surface area contributed by atoms with E-state index in [4.69, 9.17) is 9.47 Å². The van der Waals surface area contributed by atoms with Crippen LogP contribution in [0.2, 0.25) is 0 Å². The second-order valence-corrected chi connectivity index (χ2v) is 7.35. The van der Waals surface area contributed by atoms with Crippen LogP contribution in [-0.4, -0.2) is 18.0 Å². The molecule has 2 bridgehead atoms. The van der Waals surface area contributed by atoms with Crippen molar-refractivity contribution in [3.63, 3.8) is 0 Å². The molecule has 2 aliphatic carbocycles. The van der Waals surface area contributed by atoms with Crippen LogP contribution in [0.1, 0.15) is 12.8 Å². The van der Waals surface area contributed by atoms with Gasteiger partial charge >= 0.3 is 5.97 Å². The van der Waals surface area contributed by atoms with Crippen LogP contribution in [0.5, 0.6) is 11.5 Å². The molecule has 3 aliphatic rings. The third-order valence-corrected chi connectivity index (χ3v) is 5.89. The maximum Gasteiger partial charge on any atom is 0.310 e. The van der Waals surface area contributed by atoms with Crippen molar-refractivity contribution >= 4 is 17.6 Å². The summed E-state index contributed by atoms with van der Waals surface area (Å²) in [7, 11) is 0. The molecule has 1 saturated heterocycles. The zero-order chi connectivity index (χ0) is 17.7. The predicted molar refractivity (Wildman–Crippen MR) is 94.7 cm³/mol. The van der Waals surface area contributed by atoms with Crippen molar-refractivity contribution in [2.24, 2.45) is 23.7 Å². The van der Waals surface area contributed by atoms with Gasteiger partial charge in [-0.3, -0.25) is 9.59 Å². The van der Waals surface area contributed by atoms with E-state index >= 15 is 0 Å². The molecule has 1 aliphatic heterocycles. The summed E-state index contributed by atoms with van der Waals surface area (Å²) < 4.78 is 11.2. The highest BCUT2D eigenvalue weighted by Gasteiger charge is 2.63. The van der Waals surface area contributed by atoms with Crippen LogP contribution in [0, 0.1) is 23.7 Å². The Balaban J connectivity index is 1.27. The molecule has 1 N–H and O–H groups in total. The molecular weight excluding hydrogens is 330 g/mol. The van der Waals surface area contributed by atoms with Gasteiger partial charge in [-0.25, -0.2) is 0 Å². The van der Waals surface area contributed by atoms with Gasteiger partial charge in [-0.1, -0.05) is 18.2 Å². The average Bonchev–Trinajstić information content (AvgIpc) is 3.26. The first-order valence-electron chi connectivity index (χ1n) is 9.03. The van der Waals surface area contributed by atoms with Crippen LogP contribution in [0.15, 0.2) is 54.6 Å². The van der Waals surface area contributed by atoms with Crippen molar-refractivity contribution in [3.8, 4) is 11.5 Å². The van der Waals surface area contributed by atoms with Gasteiger partial charge in [0.05, 0.1) is 11.8 Å². The first-order valence-corrected chi connectivity index (χ1v) is 9.03. The topological polar surface area (TPSA) is 64.6 Å². The molecular formula is C21H19NO4. The van der Waals surface area contributed by atoms with Crippen LogP contribution >= 0.6 is 0 Å². The molecule has 5 heteroatoms. The minimum Gasteiger partial charge on any atom is -0.462 e. The Hall–Kier alpha value is -2.82. The van der Waals surface area contributed by atoms with Crippen LogP contribution in [0.3, 0.4) is 0 Å². The van der Waals surface area contributed by atoms with Crippen molar-refractivity contribution in [2.75, 3.05) is 5.32 Å². The van der Waals surface area contributed by atoms with Gasteiger partial charge in [0.2, 0.25) is 5.91 Å². The Bertz CT molecular complexity index is 846. The van der Waals surface area contributed by atoms with Crippen LogP contribution in [0.25, 0.3) is 0 Å². The van der Waals surface area contributed by atoms with E-state index in [1.807, 2.05) is 54.6 Å². The zero-order valence-electron chi connectivity index (χ0n) is 14.1. The number of nitrogens with one attached hydrogen (secondary N) is 1. The van der Waals surface area contributed by atoms with Gasteiger partial charge < -0.3 is 14.8 Å². The van der Waals surface area contributed by atoms with Gasteiger partial charge in [0.15, 0.2) is 0 Å². The molecule has 5 nitrogen and oxygen atoms in total. The lowest BCUT2D eigenvalue weighted by Gasteiger charge is -2.23. The van der Waals surface area contributed by atoms with E-state index < -0.39 is 0 Å². The molecule has 0 spiro atoms. The predicted octanol–water partition coefficient (Wildman–Crippen LogP) is 3.62. The fourth-order valence-electron chi connectivity index (χ4n) is 4.82. The lowest BCUT2D eigenvalue weighted by molar-refractivity contribution is -0.145. The molecule has 0 radical (unpaired) electrons. The number of ether oxygens (including phenoxy) is 2. The lowest BCUT2D eigenvalue weighted by Crippen LogP contribution is -2.35. The van der Waals surface area contributed by atoms with Gasteiger partial charge in [0.1, 0.15) is 17.6 Å². The summed E-state index contributed by atoms with van der Waals surface area (Å²) in [5.74, 6) is 1.21. The van der Waals surface area contributed by atoms with Crippen LogP contribution < -0.4 is 10.1 Å². The average molecular weight is 349 g/mol. The molecule has 2 aromatic carbocycles. The van der Waals surface area contributed by atoms with E-state index in [2.05, 4.69) is 5.32 Å². The van der Waals surface area contributed by atoms with Gasteiger partial charge in [-0.05, 0) is 55.2 Å². The summed E-state index contributed by atoms with van der Waals surface area (Å²) >= 11 is 0. The van der Waals surface area contributed by atoms with E-state index in [9.17, 15) is 9.59 Å². The number of anilines is 1. The van der Waals surface area contributed by atoms with Crippen molar-refractivity contribution in [1.29, 1.82) is 0 Å². The second-order valence-electron chi connectivity index (χ2n) is 7.35. The molecule has 26 heavy (non-hydrogen) atoms. The van der Waals surface area contributed by atoms with E-state index in [1.165, 1.54) is 0 Å². The number of carbonyl (C=O) groups excluding carboxylic acids is 2. The van der Waals surface area contributed by atoms with Crippen LogP contribution in [-0.2, 0) is 14.3 Å². The quantitative estimate of drug-likeness (QED) is 0.857. The Morgan fingerprint density at radius 3 is 2.50 bits per heavy atom. The first-order chi connectivity index (χ1) is 12.7. The third-order valence-electron chi connectivity index (χ3n) is 5.89. The van der Waals surface area contributed by atoms with Crippen molar-refractivity contribution < 1.29 is 19.1 Å². The van der Waals surface area contributed by atoms with Crippen LogP contribution in [0.4, 0.5) is 5.69 Å². The van der Waals surface area contributed by atoms with Gasteiger partial charge in [-0.2, -0.15) is 0 Å². The number of carbonyl (C=O) groups is 2. The number of amides is 1. The molecule has 5 rings (SSSR count). The minimum absolute atomic E-state index is 0.0518. The van der Waals surface area contributed by atoms with Crippen molar-refractivity contribution in [1.82, 2.24) is 0 Å². The van der Waals surface area contributed by atoms with Gasteiger partial charge in [0, 0.05) is 11.6 Å². The molecule has 132 valence electrons. The monoisotopic (exact) mass is 349 g/mol. The SMILES string of the molecule is O=C1O[C@H]2C[C@@H]3C[C@H]2[C@@H]1[C@H]3C(=O)Nc1ccc(Oc2ccccc2)cc1. The summed E-state index contributed by atoms with van der Waals surface area (Å²) in [6.45, 7) is 0. The highest BCUT2D eigenvalue weighted by Crippen LogP contribution is 2.57. The van der Waals surface area contributed by atoms with E-state index in [1.54, 1.807) is 0 Å². The second kappa shape index (κ2) is 5.87. The molecule has 1 amide bonds. The Labute approximate surface area is 151 Å². The fraction of sp³-hybridized carbons (Fsp3) is 0.333. The summed E-state index contributed by atoms with van der Waals surface area (Å²) in [5, 5.41) is 2.96. The smallest absolute Gasteiger partial charge is 0.310 e. The number of hydrogen-bond donors (Lipinski definition) is 1. The highest BCUT2D eigenvalue weighted by atomic mass is 16.6. The molecule has 0 aromatic heterocycles. The summed E-state index contributed by atoms with van der Waals surface area (Å²) in [5.41, 5.74) is 0.709. The summed E-state index contributed by atoms with van der Waals surface area (Å²) in [6, 6.07) is 16.8. The Kier molecular flexibility index (Phi) is 3.48. The number of hydrogen-bond acceptors (Lipinski definition) is 4. The standard InChI is InChI=1S/C21H19NO4/c23-20(18-12-10-16-17(11-12)26-21(24)19(16)18)22-13-6-8-15(9-7-13)25-14-4-2-1-3-5-14/h1-9,12,16-19H,10-11H2,(H,22,23)/t12-,16+,17-,18-,19+/m0/s1. The normalized spacial score (nSPS) is 30.9. The molecule has 0 unspecified atom stereocenters. The molecule has 3 fully saturated rings. The van der Waals surface area contributed by atoms with Crippen molar-refractivity contribution in [2.45, 2.75) is 18.9 Å². The zero-order valence-corrected chi connectivity index (χ0v) is 14.1. The summed E-state index contributed by atoms with van der Waals surface area (Å²) in [4.78, 5) is 24.8. The summed E-state index contributed by atoms with van der Waals surface area (Å²) in [6.07, 6.45) is 1.81. The molecule has 1 heterocycles. The molecule has 2 aromatic rings. The maximum atomic E-state index is 12.8. The highest BCUT2D eigenvalue weighted by molar-refractivity contribution is 5.97.